The summed E-state index contributed by atoms with van der Waals surface area (Å²) < 4.78 is 1.20. The van der Waals surface area contributed by atoms with Crippen LogP contribution in [-0.4, -0.2) is 33.0 Å². The van der Waals surface area contributed by atoms with Crippen molar-refractivity contribution in [2.45, 2.75) is 0 Å². The third-order valence-corrected chi connectivity index (χ3v) is 2.22. The van der Waals surface area contributed by atoms with Gasteiger partial charge in [0.25, 0.3) is 11.5 Å². The highest BCUT2D eigenvalue weighted by Gasteiger charge is 2.13. The molecule has 98 valence electrons. The van der Waals surface area contributed by atoms with Crippen LogP contribution in [0.1, 0.15) is 10.4 Å². The average molecular weight is 263 g/mol. The molecule has 2 heterocycles. The molecule has 0 unspecified atom stereocenters. The molecule has 0 aliphatic rings. The number of hydroxylamine groups is 1. The van der Waals surface area contributed by atoms with E-state index in [0.29, 0.717) is 5.65 Å². The van der Waals surface area contributed by atoms with Gasteiger partial charge in [0, 0.05) is 12.4 Å². The Morgan fingerprint density at radius 1 is 1.42 bits per heavy atom. The van der Waals surface area contributed by atoms with Crippen molar-refractivity contribution in [3.63, 3.8) is 0 Å². The molecule has 8 nitrogen and oxygen atoms in total. The highest BCUT2D eigenvalue weighted by molar-refractivity contribution is 5.93. The van der Waals surface area contributed by atoms with Gasteiger partial charge in [-0.25, -0.2) is 15.3 Å². The zero-order chi connectivity index (χ0) is 13.8. The number of hydrogen-bond donors (Lipinski definition) is 2. The van der Waals surface area contributed by atoms with Crippen molar-refractivity contribution < 1.29 is 19.5 Å². The minimum Gasteiger partial charge on any atom is -0.479 e. The first-order chi connectivity index (χ1) is 9.09. The number of carbonyl (C=O) groups excluding carboxylic acids is 1. The number of aromatic nitrogens is 2. The van der Waals surface area contributed by atoms with E-state index in [1.807, 2.05) is 5.48 Å². The molecule has 19 heavy (non-hydrogen) atoms. The number of aliphatic carboxylic acids is 1. The van der Waals surface area contributed by atoms with E-state index in [1.165, 1.54) is 10.6 Å². The summed E-state index contributed by atoms with van der Waals surface area (Å²) in [5.74, 6) is -2.09. The van der Waals surface area contributed by atoms with Gasteiger partial charge >= 0.3 is 5.97 Å². The Morgan fingerprint density at radius 3 is 2.95 bits per heavy atom. The Labute approximate surface area is 106 Å². The summed E-state index contributed by atoms with van der Waals surface area (Å²) in [6.45, 7) is -0.700. The van der Waals surface area contributed by atoms with Crippen LogP contribution < -0.4 is 11.0 Å². The molecule has 8 heteroatoms. The lowest BCUT2D eigenvalue weighted by Crippen LogP contribution is -2.32. The maximum Gasteiger partial charge on any atom is 0.332 e. The number of pyridine rings is 1. The maximum atomic E-state index is 12.0. The van der Waals surface area contributed by atoms with E-state index >= 15 is 0 Å². The summed E-state index contributed by atoms with van der Waals surface area (Å²) in [4.78, 5) is 42.1. The zero-order valence-electron chi connectivity index (χ0n) is 9.57. The van der Waals surface area contributed by atoms with Gasteiger partial charge in [-0.2, -0.15) is 0 Å². The molecule has 0 saturated carbocycles. The topological polar surface area (TPSA) is 110 Å². The van der Waals surface area contributed by atoms with Crippen molar-refractivity contribution in [3.8, 4) is 0 Å². The van der Waals surface area contributed by atoms with Gasteiger partial charge in [-0.15, -0.1) is 0 Å². The van der Waals surface area contributed by atoms with E-state index in [1.54, 1.807) is 18.2 Å². The van der Waals surface area contributed by atoms with E-state index in [2.05, 4.69) is 9.82 Å². The average Bonchev–Trinajstić information content (AvgIpc) is 2.39. The van der Waals surface area contributed by atoms with Crippen molar-refractivity contribution in [3.05, 3.63) is 46.5 Å². The molecule has 2 N–H and O–H groups in total. The van der Waals surface area contributed by atoms with Crippen molar-refractivity contribution in [2.24, 2.45) is 0 Å². The fraction of sp³-hybridized carbons (Fsp3) is 0.0909. The van der Waals surface area contributed by atoms with Gasteiger partial charge in [-0.1, -0.05) is 6.07 Å². The standard InChI is InChI=1S/C11H9N3O5/c15-9(16)6-19-13-10(17)7-5-12-8-3-1-2-4-14(8)11(7)18/h1-5H,6H2,(H,13,17)(H,15,16). The first kappa shape index (κ1) is 12.7. The molecule has 0 aliphatic carbocycles. The van der Waals surface area contributed by atoms with Crippen LogP contribution in [0.3, 0.4) is 0 Å². The van der Waals surface area contributed by atoms with Gasteiger partial charge in [-0.3, -0.25) is 18.8 Å². The summed E-state index contributed by atoms with van der Waals surface area (Å²) in [6, 6.07) is 4.94. The van der Waals surface area contributed by atoms with Crippen molar-refractivity contribution in [1.82, 2.24) is 14.9 Å². The van der Waals surface area contributed by atoms with Gasteiger partial charge < -0.3 is 5.11 Å². The van der Waals surface area contributed by atoms with Crippen LogP contribution in [-0.2, 0) is 9.63 Å². The van der Waals surface area contributed by atoms with E-state index < -0.39 is 24.0 Å². The molecule has 0 aliphatic heterocycles. The van der Waals surface area contributed by atoms with Crippen LogP contribution >= 0.6 is 0 Å². The summed E-state index contributed by atoms with van der Waals surface area (Å²) in [5.41, 5.74) is 1.45. The molecule has 0 aromatic carbocycles. The van der Waals surface area contributed by atoms with Crippen LogP contribution in [0.15, 0.2) is 35.4 Å². The Bertz CT molecular complexity index is 694. The molecule has 0 radical (unpaired) electrons. The molecule has 1 amide bonds. The summed E-state index contributed by atoms with van der Waals surface area (Å²) in [6.07, 6.45) is 2.58. The number of carboxylic acids is 1. The minimum absolute atomic E-state index is 0.242. The monoisotopic (exact) mass is 263 g/mol. The van der Waals surface area contributed by atoms with Crippen LogP contribution in [0, 0.1) is 0 Å². The second kappa shape index (κ2) is 5.27. The number of fused-ring (bicyclic) bond motifs is 1. The maximum absolute atomic E-state index is 12.0. The van der Waals surface area contributed by atoms with E-state index in [-0.39, 0.29) is 5.56 Å². The minimum atomic E-state index is -1.24. The van der Waals surface area contributed by atoms with Crippen molar-refractivity contribution in [2.75, 3.05) is 6.61 Å². The number of nitrogens with zero attached hydrogens (tertiary/aromatic N) is 2. The van der Waals surface area contributed by atoms with E-state index in [4.69, 9.17) is 5.11 Å². The molecular weight excluding hydrogens is 254 g/mol. The Hall–Kier alpha value is -2.74. The highest BCUT2D eigenvalue weighted by atomic mass is 16.7. The predicted molar refractivity (Wildman–Crippen MR) is 62.5 cm³/mol. The van der Waals surface area contributed by atoms with Crippen molar-refractivity contribution in [1.29, 1.82) is 0 Å². The Morgan fingerprint density at radius 2 is 2.21 bits per heavy atom. The Kier molecular flexibility index (Phi) is 3.53. The zero-order valence-corrected chi connectivity index (χ0v) is 9.57. The molecule has 2 rings (SSSR count). The first-order valence-electron chi connectivity index (χ1n) is 5.20. The van der Waals surface area contributed by atoms with Gasteiger partial charge in [-0.05, 0) is 12.1 Å². The molecular formula is C11H9N3O5. The molecule has 0 fully saturated rings. The molecule has 2 aromatic rings. The summed E-state index contributed by atoms with van der Waals surface area (Å²) in [7, 11) is 0. The molecule has 0 saturated heterocycles. The highest BCUT2D eigenvalue weighted by Crippen LogP contribution is 1.97. The normalized spacial score (nSPS) is 10.3. The number of carbonyl (C=O) groups is 2. The second-order valence-electron chi connectivity index (χ2n) is 3.52. The molecule has 0 spiro atoms. The van der Waals surface area contributed by atoms with E-state index in [9.17, 15) is 14.4 Å². The second-order valence-corrected chi connectivity index (χ2v) is 3.52. The van der Waals surface area contributed by atoms with Gasteiger partial charge in [0.05, 0.1) is 0 Å². The van der Waals surface area contributed by atoms with Crippen molar-refractivity contribution >= 4 is 17.5 Å². The first-order valence-corrected chi connectivity index (χ1v) is 5.20. The van der Waals surface area contributed by atoms with Gasteiger partial charge in [0.2, 0.25) is 0 Å². The third-order valence-electron chi connectivity index (χ3n) is 2.22. The van der Waals surface area contributed by atoms with E-state index in [0.717, 1.165) is 6.20 Å². The number of carboxylic acid groups (broad SMARTS) is 1. The number of rotatable bonds is 4. The lowest BCUT2D eigenvalue weighted by molar-refractivity contribution is -0.144. The predicted octanol–water partition coefficient (Wildman–Crippen LogP) is -0.560. The van der Waals surface area contributed by atoms with Crippen LogP contribution in [0.2, 0.25) is 0 Å². The molecule has 2 aromatic heterocycles. The van der Waals surface area contributed by atoms with Gasteiger partial charge in [0.15, 0.2) is 6.61 Å². The quantitative estimate of drug-likeness (QED) is 0.715. The SMILES string of the molecule is O=C(O)CONC(=O)c1cnc2ccccn2c1=O. The number of hydrogen-bond acceptors (Lipinski definition) is 5. The van der Waals surface area contributed by atoms with Crippen LogP contribution in [0.5, 0.6) is 0 Å². The summed E-state index contributed by atoms with van der Waals surface area (Å²) >= 11 is 0. The number of nitrogens with one attached hydrogen (secondary N) is 1. The molecule has 0 atom stereocenters. The fourth-order valence-corrected chi connectivity index (χ4v) is 1.40. The summed E-state index contributed by atoms with van der Waals surface area (Å²) in [5, 5.41) is 8.34. The van der Waals surface area contributed by atoms with Gasteiger partial charge in [0.1, 0.15) is 11.2 Å². The lowest BCUT2D eigenvalue weighted by atomic mass is 10.3. The fourth-order valence-electron chi connectivity index (χ4n) is 1.40. The largest absolute Gasteiger partial charge is 0.479 e. The Balaban J connectivity index is 2.25. The number of amides is 1. The van der Waals surface area contributed by atoms with Crippen LogP contribution in [0.4, 0.5) is 0 Å². The van der Waals surface area contributed by atoms with Crippen LogP contribution in [0.25, 0.3) is 5.65 Å². The smallest absolute Gasteiger partial charge is 0.332 e. The molecule has 0 bridgehead atoms. The third kappa shape index (κ3) is 2.75. The lowest BCUT2D eigenvalue weighted by Gasteiger charge is -2.04.